The van der Waals surface area contributed by atoms with Crippen molar-refractivity contribution in [2.24, 2.45) is 0 Å². The molecule has 0 saturated heterocycles. The van der Waals surface area contributed by atoms with Crippen molar-refractivity contribution >= 4 is 93.9 Å². The number of phosphoric ester groups is 6. The summed E-state index contributed by atoms with van der Waals surface area (Å²) in [5.41, 5.74) is 0. The molecule has 1 fully saturated rings. The van der Waals surface area contributed by atoms with Crippen LogP contribution in [0, 0.1) is 0 Å². The minimum Gasteiger partial charge on any atom is -0.303 e. The van der Waals surface area contributed by atoms with E-state index in [1.54, 1.807) is 0 Å². The Bertz CT molecular complexity index is 1650. The van der Waals surface area contributed by atoms with Crippen molar-refractivity contribution in [1.82, 2.24) is 0 Å². The Morgan fingerprint density at radius 1 is 0.175 bits per heavy atom. The SMILES string of the molecule is O=P(O)(O)OC1C(OP(=O)(O)O)C(OP(=O)(O)O)C(OP(=O)(O)O)C(OP(=O)(O)O)C1OP(=O)(O)O.O=P(O)(O)OP(=O)(O)O.O=P(O)(O)OP(=O)(O)O.O=P(O)(O)OP(=O)(O)O. The van der Waals surface area contributed by atoms with Crippen LogP contribution in [-0.2, 0) is 94.9 Å². The van der Waals surface area contributed by atoms with Crippen molar-refractivity contribution in [3.63, 3.8) is 0 Å². The predicted octanol–water partition coefficient (Wildman–Crippen LogP) is -5.57. The summed E-state index contributed by atoms with van der Waals surface area (Å²) >= 11 is 0. The fraction of sp³-hybridized carbons (Fsp3) is 1.00. The maximum Gasteiger partial charge on any atom is 0.478 e. The molecule has 1 rings (SSSR count). The highest BCUT2D eigenvalue weighted by Gasteiger charge is 2.62. The lowest BCUT2D eigenvalue weighted by molar-refractivity contribution is -0.202. The standard InChI is InChI=1S/C6H18O24P6.3H4O7P2/c7-31(8,9)25-1-2(26-32(10,11)12)4(28-34(16,17)18)6(30-36(22,23)24)5(29-35(19,20)21)3(1)27-33(13,14)15;3*1-8(2,3)7-9(4,5)6/h1-6H,(H2,7,8,9)(H2,10,11,12)(H2,13,14,15)(H2,16,17,18)(H2,19,20,21)(H2,22,23,24);3*(H2,1,2,3)(H2,4,5,6). The van der Waals surface area contributed by atoms with Gasteiger partial charge in [-0.3, -0.25) is 27.1 Å². The monoisotopic (exact) mass is 1190 g/mol. The maximum absolute atomic E-state index is 11.4. The third-order valence-electron chi connectivity index (χ3n) is 4.14. The molecule has 0 heterocycles. The highest BCUT2D eigenvalue weighted by atomic mass is 31.3. The first-order valence-electron chi connectivity index (χ1n) is 12.6. The molecule has 45 nitrogen and oxygen atoms in total. The molecule has 0 unspecified atom stereocenters. The predicted molar refractivity (Wildman–Crippen MR) is 177 cm³/mol. The van der Waals surface area contributed by atoms with Crippen LogP contribution in [0.4, 0.5) is 0 Å². The van der Waals surface area contributed by atoms with Crippen molar-refractivity contribution in [1.29, 1.82) is 0 Å². The second-order valence-corrected chi connectivity index (χ2v) is 24.6. The first kappa shape index (κ1) is 68.7. The van der Waals surface area contributed by atoms with Gasteiger partial charge in [0.05, 0.1) is 0 Å². The molecule has 24 N–H and O–H groups in total. The highest BCUT2D eigenvalue weighted by molar-refractivity contribution is 7.61. The van der Waals surface area contributed by atoms with E-state index < -0.39 is 130 Å². The van der Waals surface area contributed by atoms with Gasteiger partial charge in [-0.15, -0.1) is 0 Å². The van der Waals surface area contributed by atoms with Gasteiger partial charge in [-0.25, -0.2) is 54.8 Å². The van der Waals surface area contributed by atoms with Crippen LogP contribution in [0.1, 0.15) is 0 Å². The van der Waals surface area contributed by atoms with Gasteiger partial charge in [-0.2, -0.15) is 12.9 Å². The molecule has 0 atom stereocenters. The molecule has 1 aliphatic carbocycles. The van der Waals surface area contributed by atoms with Crippen LogP contribution < -0.4 is 0 Å². The van der Waals surface area contributed by atoms with Gasteiger partial charge in [0.1, 0.15) is 36.6 Å². The summed E-state index contributed by atoms with van der Waals surface area (Å²) < 4.78 is 160. The summed E-state index contributed by atoms with van der Waals surface area (Å²) in [6.07, 6.45) is -18.9. The van der Waals surface area contributed by atoms with Crippen LogP contribution in [0.25, 0.3) is 0 Å². The van der Waals surface area contributed by atoms with E-state index >= 15 is 0 Å². The Morgan fingerprint density at radius 2 is 0.254 bits per heavy atom. The molecule has 0 bridgehead atoms. The quantitative estimate of drug-likeness (QED) is 0.0569. The Balaban J connectivity index is -0.00000107. The van der Waals surface area contributed by atoms with Gasteiger partial charge in [0.15, 0.2) is 0 Å². The number of rotatable bonds is 18. The Morgan fingerprint density at radius 3 is 0.286 bits per heavy atom. The summed E-state index contributed by atoms with van der Waals surface area (Å²) in [5, 5.41) is 0. The molecule has 1 aliphatic rings. The summed E-state index contributed by atoms with van der Waals surface area (Å²) in [6.45, 7) is 0. The summed E-state index contributed by atoms with van der Waals surface area (Å²) in [4.78, 5) is 203. The lowest BCUT2D eigenvalue weighted by Gasteiger charge is -2.48. The molecular formula is C6H30O45P12. The van der Waals surface area contributed by atoms with Gasteiger partial charge < -0.3 is 117 Å². The molecule has 0 spiro atoms. The van der Waals surface area contributed by atoms with E-state index in [2.05, 4.69) is 40.1 Å². The van der Waals surface area contributed by atoms with Crippen LogP contribution in [0.2, 0.25) is 0 Å². The number of hydrogen-bond acceptors (Lipinski definition) is 21. The fourth-order valence-electron chi connectivity index (χ4n) is 3.21. The smallest absolute Gasteiger partial charge is 0.303 e. The van der Waals surface area contributed by atoms with E-state index in [1.165, 1.54) is 0 Å². The lowest BCUT2D eigenvalue weighted by Crippen LogP contribution is -2.66. The van der Waals surface area contributed by atoms with Gasteiger partial charge >= 0.3 is 93.9 Å². The first-order chi connectivity index (χ1) is 26.7. The average Bonchev–Trinajstić information content (AvgIpc) is 2.80. The van der Waals surface area contributed by atoms with Crippen molar-refractivity contribution in [3.05, 3.63) is 0 Å². The van der Waals surface area contributed by atoms with E-state index in [4.69, 9.17) is 117 Å². The molecule has 57 heteroatoms. The van der Waals surface area contributed by atoms with E-state index in [-0.39, 0.29) is 0 Å². The normalized spacial score (nSPS) is 22.7. The van der Waals surface area contributed by atoms with E-state index in [0.29, 0.717) is 0 Å². The Hall–Kier alpha value is 1.44. The molecular weight excluding hydrogens is 1160 g/mol. The van der Waals surface area contributed by atoms with Crippen molar-refractivity contribution in [2.45, 2.75) is 36.6 Å². The minimum absolute atomic E-state index is 2.96. The van der Waals surface area contributed by atoms with E-state index in [9.17, 15) is 54.8 Å². The lowest BCUT2D eigenvalue weighted by atomic mass is 9.85. The molecule has 384 valence electrons. The Kier molecular flexibility index (Phi) is 26.7. The van der Waals surface area contributed by atoms with Crippen LogP contribution in [0.15, 0.2) is 0 Å². The summed E-state index contributed by atoms with van der Waals surface area (Å²) in [6, 6.07) is 0. The minimum atomic E-state index is -6.02. The summed E-state index contributed by atoms with van der Waals surface area (Å²) in [5.74, 6) is 0. The van der Waals surface area contributed by atoms with Gasteiger partial charge in [-0.1, -0.05) is 0 Å². The molecule has 0 aromatic heterocycles. The molecule has 0 aliphatic heterocycles. The van der Waals surface area contributed by atoms with Gasteiger partial charge in [0.25, 0.3) is 0 Å². The number of phosphoric acid groups is 12. The van der Waals surface area contributed by atoms with E-state index in [0.717, 1.165) is 0 Å². The fourth-order valence-corrected chi connectivity index (χ4v) is 9.88. The van der Waals surface area contributed by atoms with Crippen LogP contribution in [0.3, 0.4) is 0 Å². The van der Waals surface area contributed by atoms with Crippen molar-refractivity contribution < 1.29 is 212 Å². The molecule has 1 saturated carbocycles. The largest absolute Gasteiger partial charge is 0.478 e. The van der Waals surface area contributed by atoms with Crippen molar-refractivity contribution in [2.75, 3.05) is 0 Å². The first-order valence-corrected chi connectivity index (χ1v) is 31.0. The van der Waals surface area contributed by atoms with Gasteiger partial charge in [0.2, 0.25) is 0 Å². The molecule has 0 radical (unpaired) electrons. The zero-order valence-corrected chi connectivity index (χ0v) is 38.9. The Labute approximate surface area is 342 Å². The third kappa shape index (κ3) is 44.4. The van der Waals surface area contributed by atoms with Crippen LogP contribution in [0.5, 0.6) is 0 Å². The average molecular weight is 1190 g/mol. The second kappa shape index (κ2) is 24.5. The number of hydrogen-bond donors (Lipinski definition) is 24. The molecule has 0 amide bonds. The van der Waals surface area contributed by atoms with Gasteiger partial charge in [-0.05, 0) is 0 Å². The highest BCUT2D eigenvalue weighted by Crippen LogP contribution is 2.58. The maximum atomic E-state index is 11.4. The zero-order chi connectivity index (χ0) is 51.8. The molecule has 63 heavy (non-hydrogen) atoms. The second-order valence-electron chi connectivity index (χ2n) is 9.55. The van der Waals surface area contributed by atoms with Crippen LogP contribution in [-0.4, -0.2) is 154 Å². The van der Waals surface area contributed by atoms with Gasteiger partial charge in [0, 0.05) is 0 Å². The van der Waals surface area contributed by atoms with Crippen molar-refractivity contribution in [3.8, 4) is 0 Å². The van der Waals surface area contributed by atoms with Crippen LogP contribution >= 0.6 is 93.9 Å². The topological polar surface area (TPSA) is 773 Å². The zero-order valence-electron chi connectivity index (χ0n) is 28.1. The summed E-state index contributed by atoms with van der Waals surface area (Å²) in [7, 11) is -66.4. The molecule has 0 aromatic carbocycles. The third-order valence-corrected chi connectivity index (χ3v) is 12.3. The molecule has 0 aromatic rings. The van der Waals surface area contributed by atoms with E-state index in [1.807, 2.05) is 0 Å².